The summed E-state index contributed by atoms with van der Waals surface area (Å²) in [5.74, 6) is 0. The van der Waals surface area contributed by atoms with Crippen molar-refractivity contribution in [1.29, 1.82) is 0 Å². The zero-order chi connectivity index (χ0) is 9.97. The van der Waals surface area contributed by atoms with Gasteiger partial charge in [0.05, 0.1) is 22.9 Å². The van der Waals surface area contributed by atoms with Crippen LogP contribution in [-0.2, 0) is 13.5 Å². The van der Waals surface area contributed by atoms with Crippen molar-refractivity contribution in [3.05, 3.63) is 23.0 Å². The van der Waals surface area contributed by atoms with Gasteiger partial charge >= 0.3 is 0 Å². The van der Waals surface area contributed by atoms with Crippen LogP contribution in [0.1, 0.15) is 16.7 Å². The van der Waals surface area contributed by atoms with E-state index in [9.17, 15) is 5.11 Å². The normalized spacial score (nSPS) is 13.0. The lowest BCUT2D eigenvalue weighted by atomic mass is 10.2. The molecule has 14 heavy (non-hydrogen) atoms. The minimum Gasteiger partial charge on any atom is -0.387 e. The first-order chi connectivity index (χ1) is 6.75. The van der Waals surface area contributed by atoms with Crippen molar-refractivity contribution in [2.45, 2.75) is 12.5 Å². The maximum atomic E-state index is 9.73. The van der Waals surface area contributed by atoms with Gasteiger partial charge in [-0.25, -0.2) is 0 Å². The average molecular weight is 211 g/mol. The molecule has 0 bridgehead atoms. The molecule has 1 N–H and O–H groups in total. The van der Waals surface area contributed by atoms with Crippen molar-refractivity contribution in [3.63, 3.8) is 0 Å². The lowest BCUT2D eigenvalue weighted by Crippen LogP contribution is -1.99. The van der Waals surface area contributed by atoms with Crippen LogP contribution in [0.3, 0.4) is 0 Å². The summed E-state index contributed by atoms with van der Waals surface area (Å²) in [7, 11) is 1.79. The molecule has 6 nitrogen and oxygen atoms in total. The van der Waals surface area contributed by atoms with E-state index in [0.29, 0.717) is 6.42 Å². The molecular weight excluding hydrogens is 202 g/mol. The molecule has 0 saturated heterocycles. The Balaban J connectivity index is 2.05. The van der Waals surface area contributed by atoms with Gasteiger partial charge in [0.1, 0.15) is 0 Å². The zero-order valence-corrected chi connectivity index (χ0v) is 8.35. The van der Waals surface area contributed by atoms with Gasteiger partial charge < -0.3 is 5.11 Å². The van der Waals surface area contributed by atoms with E-state index in [0.717, 1.165) is 10.6 Å². The Kier molecular flexibility index (Phi) is 2.51. The van der Waals surface area contributed by atoms with E-state index in [1.54, 1.807) is 24.1 Å². The minimum atomic E-state index is -0.591. The number of hydrogen-bond donors (Lipinski definition) is 1. The Labute approximate surface area is 84.4 Å². The third-order valence-electron chi connectivity index (χ3n) is 1.76. The zero-order valence-electron chi connectivity index (χ0n) is 7.53. The van der Waals surface area contributed by atoms with Crippen LogP contribution in [0, 0.1) is 0 Å². The Morgan fingerprint density at radius 1 is 1.64 bits per heavy atom. The third-order valence-corrected chi connectivity index (χ3v) is 2.52. The van der Waals surface area contributed by atoms with Gasteiger partial charge in [-0.05, 0) is 11.5 Å². The highest BCUT2D eigenvalue weighted by atomic mass is 32.1. The van der Waals surface area contributed by atoms with Gasteiger partial charge in [-0.3, -0.25) is 4.68 Å². The second-order valence-corrected chi connectivity index (χ2v) is 3.74. The molecule has 2 heterocycles. The maximum absolute atomic E-state index is 9.73. The first-order valence-electron chi connectivity index (χ1n) is 4.06. The van der Waals surface area contributed by atoms with Gasteiger partial charge in [-0.1, -0.05) is 9.70 Å². The summed E-state index contributed by atoms with van der Waals surface area (Å²) in [4.78, 5) is 0.746. The van der Waals surface area contributed by atoms with E-state index in [1.165, 1.54) is 11.5 Å². The molecule has 7 heteroatoms. The quantitative estimate of drug-likeness (QED) is 0.769. The molecule has 0 fully saturated rings. The first kappa shape index (κ1) is 9.22. The summed E-state index contributed by atoms with van der Waals surface area (Å²) in [6.07, 6.45) is 3.19. The second-order valence-electron chi connectivity index (χ2n) is 2.92. The molecule has 1 atom stereocenters. The maximum Gasteiger partial charge on any atom is 0.0970 e. The van der Waals surface area contributed by atoms with E-state index in [1.807, 2.05) is 0 Å². The molecule has 0 radical (unpaired) electrons. The third kappa shape index (κ3) is 1.94. The molecule has 0 aromatic carbocycles. The molecule has 2 aromatic heterocycles. The van der Waals surface area contributed by atoms with Crippen LogP contribution in [0.2, 0.25) is 0 Å². The van der Waals surface area contributed by atoms with Crippen LogP contribution in [0.5, 0.6) is 0 Å². The molecule has 0 aliphatic rings. The number of aliphatic hydroxyl groups is 1. The summed E-state index contributed by atoms with van der Waals surface area (Å²) >= 11 is 1.19. The molecular formula is C7H9N5OS. The molecule has 0 spiro atoms. The van der Waals surface area contributed by atoms with Gasteiger partial charge in [0.2, 0.25) is 0 Å². The summed E-state index contributed by atoms with van der Waals surface area (Å²) in [6.45, 7) is 0. The first-order valence-corrected chi connectivity index (χ1v) is 4.83. The van der Waals surface area contributed by atoms with Crippen LogP contribution < -0.4 is 0 Å². The summed E-state index contributed by atoms with van der Waals surface area (Å²) in [5.41, 5.74) is 0.758. The van der Waals surface area contributed by atoms with E-state index in [4.69, 9.17) is 0 Å². The highest BCUT2D eigenvalue weighted by Crippen LogP contribution is 2.18. The number of hydrogen-bond acceptors (Lipinski definition) is 6. The highest BCUT2D eigenvalue weighted by Gasteiger charge is 2.12. The summed E-state index contributed by atoms with van der Waals surface area (Å²) in [6, 6.07) is 0. The smallest absolute Gasteiger partial charge is 0.0970 e. The van der Waals surface area contributed by atoms with Gasteiger partial charge in [-0.15, -0.1) is 10.2 Å². The fraction of sp³-hybridized carbons (Fsp3) is 0.429. The number of rotatable bonds is 3. The van der Waals surface area contributed by atoms with Crippen LogP contribution in [0.25, 0.3) is 0 Å². The van der Waals surface area contributed by atoms with Crippen molar-refractivity contribution in [2.24, 2.45) is 7.05 Å². The highest BCUT2D eigenvalue weighted by molar-refractivity contribution is 7.05. The number of aromatic nitrogens is 5. The van der Waals surface area contributed by atoms with E-state index in [2.05, 4.69) is 19.9 Å². The molecule has 0 saturated carbocycles. The van der Waals surface area contributed by atoms with Crippen molar-refractivity contribution in [3.8, 4) is 0 Å². The molecule has 74 valence electrons. The lowest BCUT2D eigenvalue weighted by molar-refractivity contribution is 0.181. The van der Waals surface area contributed by atoms with Gasteiger partial charge in [0.25, 0.3) is 0 Å². The Bertz CT molecular complexity index is 398. The second kappa shape index (κ2) is 3.81. The Morgan fingerprint density at radius 3 is 3.07 bits per heavy atom. The van der Waals surface area contributed by atoms with E-state index < -0.39 is 6.10 Å². The molecule has 2 rings (SSSR count). The van der Waals surface area contributed by atoms with Crippen LogP contribution in [0.15, 0.2) is 12.4 Å². The van der Waals surface area contributed by atoms with E-state index >= 15 is 0 Å². The molecule has 2 aromatic rings. The SMILES string of the molecule is Cn1cc(CC(O)c2cnns2)nn1. The van der Waals surface area contributed by atoms with Crippen molar-refractivity contribution in [1.82, 2.24) is 24.6 Å². The van der Waals surface area contributed by atoms with Crippen molar-refractivity contribution >= 4 is 11.5 Å². The molecule has 0 aliphatic carbocycles. The van der Waals surface area contributed by atoms with Crippen LogP contribution in [-0.4, -0.2) is 29.7 Å². The summed E-state index contributed by atoms with van der Waals surface area (Å²) in [5, 5.41) is 21.0. The standard InChI is InChI=1S/C7H9N5OS/c1-12-4-5(9-10-12)2-6(13)7-3-8-11-14-7/h3-4,6,13H,2H2,1H3. The van der Waals surface area contributed by atoms with E-state index in [-0.39, 0.29) is 0 Å². The van der Waals surface area contributed by atoms with Crippen molar-refractivity contribution in [2.75, 3.05) is 0 Å². The fourth-order valence-electron chi connectivity index (χ4n) is 1.11. The fourth-order valence-corrected chi connectivity index (χ4v) is 1.60. The topological polar surface area (TPSA) is 76.7 Å². The molecule has 0 amide bonds. The summed E-state index contributed by atoms with van der Waals surface area (Å²) < 4.78 is 5.28. The Hall–Kier alpha value is -1.34. The predicted molar refractivity (Wildman–Crippen MR) is 49.6 cm³/mol. The predicted octanol–water partition coefficient (Wildman–Crippen LogP) is -0.0573. The minimum absolute atomic E-state index is 0.442. The average Bonchev–Trinajstić information content (AvgIpc) is 2.75. The monoisotopic (exact) mass is 211 g/mol. The van der Waals surface area contributed by atoms with Crippen molar-refractivity contribution < 1.29 is 5.11 Å². The largest absolute Gasteiger partial charge is 0.387 e. The number of aryl methyl sites for hydroxylation is 1. The number of nitrogens with zero attached hydrogens (tertiary/aromatic N) is 5. The molecule has 0 aliphatic heterocycles. The van der Waals surface area contributed by atoms with Gasteiger partial charge in [0.15, 0.2) is 0 Å². The van der Waals surface area contributed by atoms with Crippen LogP contribution >= 0.6 is 11.5 Å². The lowest BCUT2D eigenvalue weighted by Gasteiger charge is -2.02. The molecule has 1 unspecified atom stereocenters. The van der Waals surface area contributed by atoms with Crippen LogP contribution in [0.4, 0.5) is 0 Å². The Morgan fingerprint density at radius 2 is 2.50 bits per heavy atom. The number of aliphatic hydroxyl groups excluding tert-OH is 1. The van der Waals surface area contributed by atoms with Gasteiger partial charge in [-0.2, -0.15) is 0 Å². The van der Waals surface area contributed by atoms with Gasteiger partial charge in [0, 0.05) is 19.7 Å².